The van der Waals surface area contributed by atoms with Crippen LogP contribution in [0.2, 0.25) is 0 Å². The number of aromatic nitrogens is 2. The van der Waals surface area contributed by atoms with Gasteiger partial charge >= 0.3 is 0 Å². The summed E-state index contributed by atoms with van der Waals surface area (Å²) in [4.78, 5) is 19.5. The third-order valence-corrected chi connectivity index (χ3v) is 5.60. The third-order valence-electron chi connectivity index (χ3n) is 5.60. The van der Waals surface area contributed by atoms with Crippen molar-refractivity contribution in [1.82, 2.24) is 14.5 Å². The first-order valence-electron chi connectivity index (χ1n) is 9.18. The van der Waals surface area contributed by atoms with Gasteiger partial charge in [-0.3, -0.25) is 4.79 Å². The maximum Gasteiger partial charge on any atom is 0.223 e. The molecule has 1 aromatic carbocycles. The molecule has 5 heteroatoms. The summed E-state index contributed by atoms with van der Waals surface area (Å²) in [5.74, 6) is 2.62. The molecule has 1 fully saturated rings. The predicted octanol–water partition coefficient (Wildman–Crippen LogP) is 3.56. The molecule has 2 aliphatic rings. The summed E-state index contributed by atoms with van der Waals surface area (Å²) in [7, 11) is 1.68. The van der Waals surface area contributed by atoms with Gasteiger partial charge in [0.05, 0.1) is 19.7 Å². The predicted molar refractivity (Wildman–Crippen MR) is 95.1 cm³/mol. The Hall–Kier alpha value is -2.30. The molecule has 1 saturated carbocycles. The molecule has 132 valence electrons. The first kappa shape index (κ1) is 16.2. The Morgan fingerprint density at radius 1 is 1.32 bits per heavy atom. The smallest absolute Gasteiger partial charge is 0.223 e. The van der Waals surface area contributed by atoms with Crippen LogP contribution in [-0.4, -0.2) is 27.5 Å². The summed E-state index contributed by atoms with van der Waals surface area (Å²) in [5, 5.41) is 0. The number of hydrogen-bond donors (Lipinski definition) is 0. The van der Waals surface area contributed by atoms with Gasteiger partial charge in [0, 0.05) is 25.4 Å². The highest BCUT2D eigenvalue weighted by atomic mass is 16.5. The third kappa shape index (κ3) is 3.28. The molecule has 2 heterocycles. The molecule has 0 unspecified atom stereocenters. The Balaban J connectivity index is 1.62. The van der Waals surface area contributed by atoms with E-state index in [4.69, 9.17) is 4.74 Å². The minimum absolute atomic E-state index is 0.0331. The lowest BCUT2D eigenvalue weighted by Gasteiger charge is -2.37. The molecule has 0 spiro atoms. The highest BCUT2D eigenvalue weighted by Crippen LogP contribution is 2.34. The number of ether oxygens (including phenoxy) is 1. The van der Waals surface area contributed by atoms with Gasteiger partial charge in [0.15, 0.2) is 0 Å². The van der Waals surface area contributed by atoms with Gasteiger partial charge in [-0.1, -0.05) is 25.0 Å². The van der Waals surface area contributed by atoms with E-state index in [9.17, 15) is 4.79 Å². The van der Waals surface area contributed by atoms with E-state index in [0.29, 0.717) is 18.9 Å². The van der Waals surface area contributed by atoms with Crippen molar-refractivity contribution in [3.63, 3.8) is 0 Å². The number of fused-ring (bicyclic) bond motifs is 1. The molecule has 1 aliphatic carbocycles. The largest absolute Gasteiger partial charge is 0.497 e. The lowest BCUT2D eigenvalue weighted by molar-refractivity contribution is -0.136. The highest BCUT2D eigenvalue weighted by Gasteiger charge is 2.33. The molecule has 0 N–H and O–H groups in total. The fourth-order valence-electron chi connectivity index (χ4n) is 4.18. The molecule has 0 radical (unpaired) electrons. The molecule has 1 aliphatic heterocycles. The summed E-state index contributed by atoms with van der Waals surface area (Å²) >= 11 is 0. The molecule has 5 nitrogen and oxygen atoms in total. The molecular formula is C20H25N3O2. The van der Waals surface area contributed by atoms with Gasteiger partial charge < -0.3 is 14.2 Å². The minimum Gasteiger partial charge on any atom is -0.497 e. The molecule has 0 saturated heterocycles. The Morgan fingerprint density at radius 2 is 2.16 bits per heavy atom. The Labute approximate surface area is 148 Å². The topological polar surface area (TPSA) is 47.4 Å². The van der Waals surface area contributed by atoms with Crippen LogP contribution in [0.25, 0.3) is 0 Å². The molecule has 4 rings (SSSR count). The van der Waals surface area contributed by atoms with Crippen molar-refractivity contribution in [2.75, 3.05) is 7.11 Å². The zero-order chi connectivity index (χ0) is 17.2. The second-order valence-corrected chi connectivity index (χ2v) is 7.16. The summed E-state index contributed by atoms with van der Waals surface area (Å²) in [5.41, 5.74) is 1.12. The molecular weight excluding hydrogens is 314 g/mol. The molecule has 1 atom stereocenters. The van der Waals surface area contributed by atoms with Gasteiger partial charge in [-0.05, 0) is 36.5 Å². The van der Waals surface area contributed by atoms with Gasteiger partial charge in [0.1, 0.15) is 11.6 Å². The van der Waals surface area contributed by atoms with Crippen molar-refractivity contribution in [2.45, 2.75) is 51.2 Å². The first-order chi connectivity index (χ1) is 12.2. The molecule has 0 bridgehead atoms. The van der Waals surface area contributed by atoms with E-state index >= 15 is 0 Å². The van der Waals surface area contributed by atoms with E-state index in [0.717, 1.165) is 23.7 Å². The number of methoxy groups -OCH3 is 1. The van der Waals surface area contributed by atoms with Crippen LogP contribution < -0.4 is 4.74 Å². The fraction of sp³-hybridized carbons (Fsp3) is 0.500. The summed E-state index contributed by atoms with van der Waals surface area (Å²) in [6, 6.07) is 8.11. The Morgan fingerprint density at radius 3 is 2.96 bits per heavy atom. The number of nitrogens with zero attached hydrogens (tertiary/aromatic N) is 3. The van der Waals surface area contributed by atoms with Crippen molar-refractivity contribution in [2.24, 2.45) is 5.92 Å². The average molecular weight is 339 g/mol. The van der Waals surface area contributed by atoms with Crippen molar-refractivity contribution in [1.29, 1.82) is 0 Å². The quantitative estimate of drug-likeness (QED) is 0.856. The van der Waals surface area contributed by atoms with Crippen LogP contribution in [0.3, 0.4) is 0 Å². The number of rotatable bonds is 4. The van der Waals surface area contributed by atoms with Gasteiger partial charge in [-0.2, -0.15) is 0 Å². The van der Waals surface area contributed by atoms with Gasteiger partial charge in [0.2, 0.25) is 5.91 Å². The highest BCUT2D eigenvalue weighted by molar-refractivity contribution is 5.77. The van der Waals surface area contributed by atoms with E-state index in [2.05, 4.69) is 15.6 Å². The van der Waals surface area contributed by atoms with E-state index < -0.39 is 0 Å². The maximum atomic E-state index is 13.1. The standard InChI is InChI=1S/C20H25N3O2/c1-25-17-8-4-7-16(12-17)18-13-22-10-9-21-19(22)14-23(18)20(24)11-15-5-2-3-6-15/h4,7-10,12,15,18H,2-3,5-6,11,13-14H2,1H3/t18-/m0/s1. The van der Waals surface area contributed by atoms with Crippen LogP contribution in [0.1, 0.15) is 49.5 Å². The second-order valence-electron chi connectivity index (χ2n) is 7.16. The lowest BCUT2D eigenvalue weighted by Crippen LogP contribution is -2.41. The number of hydrogen-bond acceptors (Lipinski definition) is 3. The number of amides is 1. The van der Waals surface area contributed by atoms with Gasteiger partial charge in [0.25, 0.3) is 0 Å². The van der Waals surface area contributed by atoms with E-state index in [1.807, 2.05) is 35.5 Å². The normalized spacial score (nSPS) is 20.5. The van der Waals surface area contributed by atoms with E-state index in [-0.39, 0.29) is 11.9 Å². The Kier molecular flexibility index (Phi) is 4.47. The average Bonchev–Trinajstić information content (AvgIpc) is 3.31. The summed E-state index contributed by atoms with van der Waals surface area (Å²) in [6.07, 6.45) is 9.41. The number of carbonyl (C=O) groups excluding carboxylic acids is 1. The van der Waals surface area contributed by atoms with Crippen LogP contribution in [-0.2, 0) is 17.9 Å². The van der Waals surface area contributed by atoms with E-state index in [1.165, 1.54) is 25.7 Å². The van der Waals surface area contributed by atoms with Crippen LogP contribution >= 0.6 is 0 Å². The SMILES string of the molecule is COc1cccc([C@@H]2Cn3ccnc3CN2C(=O)CC2CCCC2)c1. The van der Waals surface area contributed by atoms with Gasteiger partial charge in [-0.15, -0.1) is 0 Å². The fourth-order valence-corrected chi connectivity index (χ4v) is 4.18. The second kappa shape index (κ2) is 6.90. The number of benzene rings is 1. The monoisotopic (exact) mass is 339 g/mol. The minimum atomic E-state index is 0.0331. The maximum absolute atomic E-state index is 13.1. The molecule has 1 amide bonds. The number of carbonyl (C=O) groups is 1. The first-order valence-corrected chi connectivity index (χ1v) is 9.18. The lowest BCUT2D eigenvalue weighted by atomic mass is 9.99. The van der Waals surface area contributed by atoms with Crippen molar-refractivity contribution < 1.29 is 9.53 Å². The molecule has 1 aromatic heterocycles. The Bertz CT molecular complexity index is 749. The van der Waals surface area contributed by atoms with Crippen molar-refractivity contribution >= 4 is 5.91 Å². The van der Waals surface area contributed by atoms with E-state index in [1.54, 1.807) is 7.11 Å². The van der Waals surface area contributed by atoms with Crippen LogP contribution in [0, 0.1) is 5.92 Å². The van der Waals surface area contributed by atoms with Crippen LogP contribution in [0.4, 0.5) is 0 Å². The zero-order valence-corrected chi connectivity index (χ0v) is 14.7. The van der Waals surface area contributed by atoms with Crippen LogP contribution in [0.15, 0.2) is 36.7 Å². The number of imidazole rings is 1. The van der Waals surface area contributed by atoms with Crippen molar-refractivity contribution in [3.8, 4) is 5.75 Å². The van der Waals surface area contributed by atoms with Crippen molar-refractivity contribution in [3.05, 3.63) is 48.0 Å². The zero-order valence-electron chi connectivity index (χ0n) is 14.7. The van der Waals surface area contributed by atoms with Gasteiger partial charge in [-0.25, -0.2) is 4.98 Å². The van der Waals surface area contributed by atoms with Crippen LogP contribution in [0.5, 0.6) is 5.75 Å². The molecule has 25 heavy (non-hydrogen) atoms. The summed E-state index contributed by atoms with van der Waals surface area (Å²) in [6.45, 7) is 1.33. The molecule has 2 aromatic rings. The summed E-state index contributed by atoms with van der Waals surface area (Å²) < 4.78 is 7.54.